The van der Waals surface area contributed by atoms with E-state index in [9.17, 15) is 0 Å². The molecule has 0 N–H and O–H groups in total. The van der Waals surface area contributed by atoms with Crippen LogP contribution in [0, 0.1) is 0 Å². The summed E-state index contributed by atoms with van der Waals surface area (Å²) in [6, 6.07) is 73.1. The average molecular weight is 779 g/mol. The van der Waals surface area contributed by atoms with Crippen LogP contribution in [0.15, 0.2) is 211 Å². The van der Waals surface area contributed by atoms with E-state index in [4.69, 9.17) is 14.4 Å². The van der Waals surface area contributed by atoms with Crippen LogP contribution in [0.5, 0.6) is 0 Å². The number of rotatable bonds is 5. The molecule has 0 radical (unpaired) electrons. The molecule has 0 saturated carbocycles. The SMILES string of the molecule is c1ccc(-c2nc(-n3c4ccccc4c4c5oc6ccccc6c5cc(-c5cccc(-c6ccc7c8ccccc8n(-c8ccccc8)c7c6)c5)c43)nc3ccccc23)cc1. The largest absolute Gasteiger partial charge is 0.455 e. The Bertz CT molecular complexity index is 3880. The lowest BCUT2D eigenvalue weighted by atomic mass is 9.95. The maximum absolute atomic E-state index is 6.83. The van der Waals surface area contributed by atoms with Crippen molar-refractivity contribution in [3.63, 3.8) is 0 Å². The third-order valence-corrected chi connectivity index (χ3v) is 12.3. The van der Waals surface area contributed by atoms with E-state index in [1.807, 2.05) is 18.2 Å². The van der Waals surface area contributed by atoms with Crippen LogP contribution in [0.2, 0.25) is 0 Å². The number of fused-ring (bicyclic) bond motifs is 11. The van der Waals surface area contributed by atoms with Crippen molar-refractivity contribution in [3.05, 3.63) is 206 Å². The summed E-state index contributed by atoms with van der Waals surface area (Å²) in [6.45, 7) is 0. The summed E-state index contributed by atoms with van der Waals surface area (Å²) in [7, 11) is 0. The minimum Gasteiger partial charge on any atom is -0.455 e. The monoisotopic (exact) mass is 778 g/mol. The first-order chi connectivity index (χ1) is 30.3. The van der Waals surface area contributed by atoms with E-state index in [1.165, 1.54) is 21.8 Å². The fourth-order valence-corrected chi connectivity index (χ4v) is 9.61. The molecule has 0 atom stereocenters. The van der Waals surface area contributed by atoms with Crippen molar-refractivity contribution in [3.8, 4) is 45.1 Å². The highest BCUT2D eigenvalue weighted by Gasteiger charge is 2.25. The molecule has 0 bridgehead atoms. The molecule has 284 valence electrons. The van der Waals surface area contributed by atoms with Gasteiger partial charge in [0.1, 0.15) is 11.2 Å². The minimum atomic E-state index is 0.607. The normalized spacial score (nSPS) is 11.9. The Balaban J connectivity index is 1.11. The topological polar surface area (TPSA) is 48.8 Å². The summed E-state index contributed by atoms with van der Waals surface area (Å²) in [6.07, 6.45) is 0. The molecule has 9 aromatic carbocycles. The van der Waals surface area contributed by atoms with Gasteiger partial charge >= 0.3 is 0 Å². The Labute approximate surface area is 350 Å². The van der Waals surface area contributed by atoms with E-state index in [1.54, 1.807) is 0 Å². The smallest absolute Gasteiger partial charge is 0.235 e. The Kier molecular flexibility index (Phi) is 7.24. The van der Waals surface area contributed by atoms with Gasteiger partial charge in [0.25, 0.3) is 0 Å². The van der Waals surface area contributed by atoms with Crippen LogP contribution in [-0.2, 0) is 0 Å². The zero-order chi connectivity index (χ0) is 40.0. The molecular formula is C56H34N4O. The molecule has 0 aliphatic carbocycles. The molecule has 13 aromatic rings. The van der Waals surface area contributed by atoms with Crippen molar-refractivity contribution in [2.45, 2.75) is 0 Å². The molecule has 0 spiro atoms. The van der Waals surface area contributed by atoms with Crippen LogP contribution < -0.4 is 0 Å². The van der Waals surface area contributed by atoms with E-state index >= 15 is 0 Å². The summed E-state index contributed by atoms with van der Waals surface area (Å²) in [5, 5.41) is 7.75. The third kappa shape index (κ3) is 5.08. The number of nitrogens with zero attached hydrogens (tertiary/aromatic N) is 4. The number of benzene rings is 9. The van der Waals surface area contributed by atoms with E-state index in [0.29, 0.717) is 5.95 Å². The Morgan fingerprint density at radius 1 is 0.377 bits per heavy atom. The quantitative estimate of drug-likeness (QED) is 0.175. The number of hydrogen-bond donors (Lipinski definition) is 0. The van der Waals surface area contributed by atoms with Crippen LogP contribution >= 0.6 is 0 Å². The summed E-state index contributed by atoms with van der Waals surface area (Å²) in [4.78, 5) is 10.8. The van der Waals surface area contributed by atoms with Crippen LogP contribution in [0.25, 0.3) is 122 Å². The van der Waals surface area contributed by atoms with Gasteiger partial charge in [-0.25, -0.2) is 9.97 Å². The first-order valence-electron chi connectivity index (χ1n) is 20.7. The van der Waals surface area contributed by atoms with Crippen molar-refractivity contribution in [2.24, 2.45) is 0 Å². The van der Waals surface area contributed by atoms with Gasteiger partial charge < -0.3 is 8.98 Å². The molecule has 4 heterocycles. The Morgan fingerprint density at radius 3 is 1.84 bits per heavy atom. The number of para-hydroxylation sites is 5. The highest BCUT2D eigenvalue weighted by molar-refractivity contribution is 6.27. The average Bonchev–Trinajstić information content (AvgIpc) is 3.99. The maximum atomic E-state index is 6.83. The van der Waals surface area contributed by atoms with Crippen molar-refractivity contribution < 1.29 is 4.42 Å². The highest BCUT2D eigenvalue weighted by atomic mass is 16.3. The summed E-state index contributed by atoms with van der Waals surface area (Å²) < 4.78 is 11.5. The van der Waals surface area contributed by atoms with Gasteiger partial charge in [-0.1, -0.05) is 152 Å². The molecular weight excluding hydrogens is 745 g/mol. The molecule has 0 unspecified atom stereocenters. The van der Waals surface area contributed by atoms with Crippen molar-refractivity contribution in [2.75, 3.05) is 0 Å². The van der Waals surface area contributed by atoms with E-state index in [-0.39, 0.29) is 0 Å². The molecule has 0 amide bonds. The van der Waals surface area contributed by atoms with Crippen molar-refractivity contribution in [1.29, 1.82) is 0 Å². The molecule has 0 aliphatic heterocycles. The molecule has 0 saturated heterocycles. The van der Waals surface area contributed by atoms with Gasteiger partial charge in [0.05, 0.1) is 38.7 Å². The van der Waals surface area contributed by atoms with Gasteiger partial charge in [-0.2, -0.15) is 0 Å². The van der Waals surface area contributed by atoms with Crippen molar-refractivity contribution >= 4 is 76.5 Å². The van der Waals surface area contributed by atoms with Gasteiger partial charge in [-0.05, 0) is 71.3 Å². The van der Waals surface area contributed by atoms with Crippen LogP contribution in [0.1, 0.15) is 0 Å². The Hall–Kier alpha value is -8.28. The molecule has 0 aliphatic rings. The molecule has 0 fully saturated rings. The van der Waals surface area contributed by atoms with Crippen LogP contribution in [0.3, 0.4) is 0 Å². The fourth-order valence-electron chi connectivity index (χ4n) is 9.61. The van der Waals surface area contributed by atoms with Crippen molar-refractivity contribution in [1.82, 2.24) is 19.1 Å². The standard InChI is InChI=1S/C56H34N4O/c1-3-16-35(17-4-1)53-43-24-7-11-26-47(43)57-56(58-53)60-49-28-13-9-25-44(49)52-54(60)45(34-46-42-23-10-14-29-51(42)61-55(46)52)38-19-15-18-36(32-38)37-30-31-41-40-22-8-12-27-48(40)59(50(41)33-37)39-20-5-2-6-21-39/h1-34H. The second kappa shape index (κ2) is 13.1. The van der Waals surface area contributed by atoms with Gasteiger partial charge in [0.2, 0.25) is 5.95 Å². The lowest BCUT2D eigenvalue weighted by molar-refractivity contribution is 0.673. The van der Waals surface area contributed by atoms with Crippen LogP contribution in [0.4, 0.5) is 0 Å². The second-order valence-electron chi connectivity index (χ2n) is 15.7. The summed E-state index contributed by atoms with van der Waals surface area (Å²) >= 11 is 0. The summed E-state index contributed by atoms with van der Waals surface area (Å²) in [5.74, 6) is 0.607. The molecule has 4 aromatic heterocycles. The highest BCUT2D eigenvalue weighted by Crippen LogP contribution is 2.46. The van der Waals surface area contributed by atoms with Gasteiger partial charge in [-0.3, -0.25) is 4.57 Å². The fraction of sp³-hybridized carbons (Fsp3) is 0. The zero-order valence-corrected chi connectivity index (χ0v) is 32.8. The lowest BCUT2D eigenvalue weighted by Crippen LogP contribution is -2.04. The first kappa shape index (κ1) is 33.7. The predicted molar refractivity (Wildman–Crippen MR) is 252 cm³/mol. The molecule has 5 nitrogen and oxygen atoms in total. The maximum Gasteiger partial charge on any atom is 0.235 e. The minimum absolute atomic E-state index is 0.607. The molecule has 13 rings (SSSR count). The lowest BCUT2D eigenvalue weighted by Gasteiger charge is -2.14. The second-order valence-corrected chi connectivity index (χ2v) is 15.7. The number of aromatic nitrogens is 4. The molecule has 5 heteroatoms. The predicted octanol–water partition coefficient (Wildman–Crippen LogP) is 14.7. The van der Waals surface area contributed by atoms with E-state index in [2.05, 4.69) is 197 Å². The number of hydrogen-bond acceptors (Lipinski definition) is 3. The summed E-state index contributed by atoms with van der Waals surface area (Å²) in [5.41, 5.74) is 14.5. The van der Waals surface area contributed by atoms with E-state index in [0.717, 1.165) is 93.8 Å². The van der Waals surface area contributed by atoms with E-state index < -0.39 is 0 Å². The Morgan fingerprint density at radius 2 is 1.00 bits per heavy atom. The first-order valence-corrected chi connectivity index (χ1v) is 20.7. The zero-order valence-electron chi connectivity index (χ0n) is 32.8. The molecule has 61 heavy (non-hydrogen) atoms. The van der Waals surface area contributed by atoms with Gasteiger partial charge in [0, 0.05) is 49.1 Å². The number of furan rings is 1. The van der Waals surface area contributed by atoms with Crippen LogP contribution in [-0.4, -0.2) is 19.1 Å². The van der Waals surface area contributed by atoms with Gasteiger partial charge in [0.15, 0.2) is 0 Å². The van der Waals surface area contributed by atoms with Gasteiger partial charge in [-0.15, -0.1) is 0 Å². The third-order valence-electron chi connectivity index (χ3n) is 12.3.